The highest BCUT2D eigenvalue weighted by molar-refractivity contribution is 5.86. The first-order chi connectivity index (χ1) is 6.56. The van der Waals surface area contributed by atoms with Gasteiger partial charge in [0.1, 0.15) is 5.78 Å². The highest BCUT2D eigenvalue weighted by atomic mass is 16.1. The number of hydrogen-bond acceptors (Lipinski definition) is 1. The molecule has 3 atom stereocenters. The first-order valence-corrected chi connectivity index (χ1v) is 6.10. The van der Waals surface area contributed by atoms with Crippen LogP contribution in [0.1, 0.15) is 52.9 Å². The van der Waals surface area contributed by atoms with E-state index in [1.54, 1.807) is 0 Å². The minimum atomic E-state index is 0.296. The molecule has 3 aliphatic rings. The number of fused-ring (bicyclic) bond motifs is 3. The number of carbonyl (C=O) groups is 1. The molecule has 3 aliphatic carbocycles. The average Bonchev–Trinajstić information content (AvgIpc) is 2.09. The van der Waals surface area contributed by atoms with E-state index in [0.29, 0.717) is 29.0 Å². The van der Waals surface area contributed by atoms with Gasteiger partial charge in [-0.25, -0.2) is 0 Å². The van der Waals surface area contributed by atoms with Gasteiger partial charge < -0.3 is 0 Å². The molecule has 0 radical (unpaired) electrons. The van der Waals surface area contributed by atoms with Crippen LogP contribution in [0.15, 0.2) is 0 Å². The monoisotopic (exact) mass is 194 g/mol. The lowest BCUT2D eigenvalue weighted by atomic mass is 9.53. The minimum Gasteiger partial charge on any atom is -0.299 e. The Kier molecular flexibility index (Phi) is 2.45. The topological polar surface area (TPSA) is 17.1 Å². The van der Waals surface area contributed by atoms with Crippen LogP contribution in [0.3, 0.4) is 0 Å². The third-order valence-corrected chi connectivity index (χ3v) is 4.44. The SMILES string of the molecule is CCCC1C(=O)C2CCC1CC2(C)C. The molecular formula is C13H22O. The predicted octanol–water partition coefficient (Wildman–Crippen LogP) is 3.43. The van der Waals surface area contributed by atoms with Crippen molar-refractivity contribution in [2.75, 3.05) is 0 Å². The molecule has 3 fully saturated rings. The second-order valence-electron chi connectivity index (χ2n) is 5.88. The van der Waals surface area contributed by atoms with Gasteiger partial charge in [-0.1, -0.05) is 27.2 Å². The third-order valence-electron chi connectivity index (χ3n) is 4.44. The van der Waals surface area contributed by atoms with E-state index in [-0.39, 0.29) is 0 Å². The fourth-order valence-electron chi connectivity index (χ4n) is 3.74. The molecular weight excluding hydrogens is 172 g/mol. The Morgan fingerprint density at radius 1 is 1.36 bits per heavy atom. The van der Waals surface area contributed by atoms with Gasteiger partial charge in [0.25, 0.3) is 0 Å². The zero-order valence-corrected chi connectivity index (χ0v) is 9.68. The van der Waals surface area contributed by atoms with Crippen molar-refractivity contribution in [2.45, 2.75) is 52.9 Å². The molecule has 1 heteroatoms. The Hall–Kier alpha value is -0.330. The van der Waals surface area contributed by atoms with Crippen LogP contribution in [0.25, 0.3) is 0 Å². The smallest absolute Gasteiger partial charge is 0.139 e. The fraction of sp³-hybridized carbons (Fsp3) is 0.923. The van der Waals surface area contributed by atoms with E-state index in [1.807, 2.05) is 0 Å². The molecule has 2 bridgehead atoms. The fourth-order valence-corrected chi connectivity index (χ4v) is 3.74. The summed E-state index contributed by atoms with van der Waals surface area (Å²) in [5.41, 5.74) is 0.296. The second kappa shape index (κ2) is 3.36. The Morgan fingerprint density at radius 2 is 2.07 bits per heavy atom. The Labute approximate surface area is 87.3 Å². The number of ketones is 1. The molecule has 3 saturated carbocycles. The molecule has 80 valence electrons. The number of hydrogen-bond donors (Lipinski definition) is 0. The number of rotatable bonds is 2. The van der Waals surface area contributed by atoms with Gasteiger partial charge in [0, 0.05) is 11.8 Å². The zero-order chi connectivity index (χ0) is 10.3. The summed E-state index contributed by atoms with van der Waals surface area (Å²) in [5.74, 6) is 2.11. The standard InChI is InChI=1S/C13H22O/c1-4-5-10-9-6-7-11(12(10)14)13(2,3)8-9/h9-11H,4-8H2,1-3H3. The van der Waals surface area contributed by atoms with Crippen molar-refractivity contribution in [3.8, 4) is 0 Å². The first-order valence-electron chi connectivity index (χ1n) is 6.10. The maximum absolute atomic E-state index is 12.2. The second-order valence-corrected chi connectivity index (χ2v) is 5.88. The van der Waals surface area contributed by atoms with Crippen LogP contribution in [-0.2, 0) is 4.79 Å². The van der Waals surface area contributed by atoms with Gasteiger partial charge in [-0.3, -0.25) is 4.79 Å². The van der Waals surface area contributed by atoms with Crippen LogP contribution in [0.5, 0.6) is 0 Å². The molecule has 3 rings (SSSR count). The van der Waals surface area contributed by atoms with Gasteiger partial charge in [-0.2, -0.15) is 0 Å². The summed E-state index contributed by atoms with van der Waals surface area (Å²) in [7, 11) is 0. The highest BCUT2D eigenvalue weighted by Crippen LogP contribution is 2.53. The Morgan fingerprint density at radius 3 is 2.57 bits per heavy atom. The normalized spacial score (nSPS) is 40.2. The van der Waals surface area contributed by atoms with Gasteiger partial charge in [-0.05, 0) is 37.0 Å². The molecule has 0 aromatic rings. The van der Waals surface area contributed by atoms with Crippen molar-refractivity contribution < 1.29 is 4.79 Å². The van der Waals surface area contributed by atoms with E-state index >= 15 is 0 Å². The van der Waals surface area contributed by atoms with E-state index in [4.69, 9.17) is 0 Å². The van der Waals surface area contributed by atoms with E-state index in [9.17, 15) is 4.79 Å². The number of Topliss-reactive ketones (excluding diaryl/α,β-unsaturated/α-hetero) is 1. The summed E-state index contributed by atoms with van der Waals surface area (Å²) in [5, 5.41) is 0. The van der Waals surface area contributed by atoms with E-state index in [1.165, 1.54) is 19.3 Å². The summed E-state index contributed by atoms with van der Waals surface area (Å²) < 4.78 is 0. The lowest BCUT2D eigenvalue weighted by Gasteiger charge is -2.51. The molecule has 0 spiro atoms. The molecule has 0 aromatic carbocycles. The molecule has 0 aliphatic heterocycles. The van der Waals surface area contributed by atoms with Crippen molar-refractivity contribution in [3.63, 3.8) is 0 Å². The highest BCUT2D eigenvalue weighted by Gasteiger charge is 2.50. The van der Waals surface area contributed by atoms with Crippen molar-refractivity contribution >= 4 is 5.78 Å². The number of carbonyl (C=O) groups excluding carboxylic acids is 1. The Balaban J connectivity index is 2.18. The van der Waals surface area contributed by atoms with Crippen LogP contribution in [0, 0.1) is 23.2 Å². The molecule has 0 aromatic heterocycles. The van der Waals surface area contributed by atoms with E-state index in [0.717, 1.165) is 12.8 Å². The third kappa shape index (κ3) is 1.41. The lowest BCUT2D eigenvalue weighted by Crippen LogP contribution is -2.49. The molecule has 1 nitrogen and oxygen atoms in total. The van der Waals surface area contributed by atoms with Crippen molar-refractivity contribution in [3.05, 3.63) is 0 Å². The molecule has 0 heterocycles. The maximum atomic E-state index is 12.2. The zero-order valence-electron chi connectivity index (χ0n) is 9.68. The molecule has 0 amide bonds. The molecule has 14 heavy (non-hydrogen) atoms. The van der Waals surface area contributed by atoms with E-state index < -0.39 is 0 Å². The largest absolute Gasteiger partial charge is 0.299 e. The molecule has 0 N–H and O–H groups in total. The van der Waals surface area contributed by atoms with Crippen LogP contribution in [0.2, 0.25) is 0 Å². The van der Waals surface area contributed by atoms with Crippen molar-refractivity contribution in [2.24, 2.45) is 23.2 Å². The predicted molar refractivity (Wildman–Crippen MR) is 58.0 cm³/mol. The van der Waals surface area contributed by atoms with Crippen molar-refractivity contribution in [1.29, 1.82) is 0 Å². The van der Waals surface area contributed by atoms with Crippen LogP contribution in [0.4, 0.5) is 0 Å². The summed E-state index contributed by atoms with van der Waals surface area (Å²) in [6.07, 6.45) is 6.06. The minimum absolute atomic E-state index is 0.296. The van der Waals surface area contributed by atoms with Gasteiger partial charge in [0.2, 0.25) is 0 Å². The lowest BCUT2D eigenvalue weighted by molar-refractivity contribution is -0.145. The van der Waals surface area contributed by atoms with Gasteiger partial charge >= 0.3 is 0 Å². The first kappa shape index (κ1) is 10.2. The van der Waals surface area contributed by atoms with Gasteiger partial charge in [0.05, 0.1) is 0 Å². The maximum Gasteiger partial charge on any atom is 0.139 e. The summed E-state index contributed by atoms with van der Waals surface area (Å²) in [6, 6.07) is 0. The van der Waals surface area contributed by atoms with Gasteiger partial charge in [-0.15, -0.1) is 0 Å². The van der Waals surface area contributed by atoms with E-state index in [2.05, 4.69) is 20.8 Å². The van der Waals surface area contributed by atoms with Crippen LogP contribution in [-0.4, -0.2) is 5.78 Å². The van der Waals surface area contributed by atoms with Crippen LogP contribution >= 0.6 is 0 Å². The Bertz CT molecular complexity index is 242. The summed E-state index contributed by atoms with van der Waals surface area (Å²) in [6.45, 7) is 6.76. The summed E-state index contributed by atoms with van der Waals surface area (Å²) >= 11 is 0. The van der Waals surface area contributed by atoms with Crippen molar-refractivity contribution in [1.82, 2.24) is 0 Å². The van der Waals surface area contributed by atoms with Gasteiger partial charge in [0.15, 0.2) is 0 Å². The van der Waals surface area contributed by atoms with Crippen LogP contribution < -0.4 is 0 Å². The molecule has 3 unspecified atom stereocenters. The molecule has 0 saturated heterocycles. The quantitative estimate of drug-likeness (QED) is 0.658. The average molecular weight is 194 g/mol. The summed E-state index contributed by atoms with van der Waals surface area (Å²) in [4.78, 5) is 12.2.